The van der Waals surface area contributed by atoms with Crippen LogP contribution < -0.4 is 5.56 Å². The second-order valence-electron chi connectivity index (χ2n) is 4.39. The first-order chi connectivity index (χ1) is 10.0. The zero-order valence-electron chi connectivity index (χ0n) is 11.7. The number of pyridine rings is 1. The molecule has 0 fully saturated rings. The van der Waals surface area contributed by atoms with Crippen LogP contribution in [0.3, 0.4) is 0 Å². The van der Waals surface area contributed by atoms with Crippen molar-refractivity contribution in [1.29, 1.82) is 0 Å². The number of esters is 1. The number of hydrogen-bond acceptors (Lipinski definition) is 4. The molecule has 0 saturated carbocycles. The Morgan fingerprint density at radius 2 is 2.14 bits per heavy atom. The Morgan fingerprint density at radius 3 is 2.71 bits per heavy atom. The minimum Gasteiger partial charge on any atom is -0.506 e. The van der Waals surface area contributed by atoms with Crippen molar-refractivity contribution in [2.75, 3.05) is 6.61 Å². The van der Waals surface area contributed by atoms with E-state index in [0.717, 1.165) is 5.56 Å². The lowest BCUT2D eigenvalue weighted by molar-refractivity contribution is 0.0521. The van der Waals surface area contributed by atoms with Crippen molar-refractivity contribution in [2.24, 2.45) is 0 Å². The van der Waals surface area contributed by atoms with Gasteiger partial charge in [0.1, 0.15) is 5.75 Å². The van der Waals surface area contributed by atoms with Crippen molar-refractivity contribution in [2.45, 2.75) is 20.3 Å². The van der Waals surface area contributed by atoms with Crippen LogP contribution in [0.5, 0.6) is 5.75 Å². The van der Waals surface area contributed by atoms with E-state index in [0.29, 0.717) is 17.6 Å². The van der Waals surface area contributed by atoms with Crippen molar-refractivity contribution in [1.82, 2.24) is 4.98 Å². The molecule has 0 saturated heterocycles. The van der Waals surface area contributed by atoms with Gasteiger partial charge in [0.2, 0.25) is 0 Å². The monoisotopic (exact) mass is 286 g/mol. The van der Waals surface area contributed by atoms with Crippen LogP contribution in [-0.4, -0.2) is 22.7 Å². The summed E-state index contributed by atoms with van der Waals surface area (Å²) in [6, 6.07) is 3.09. The molecule has 6 heteroatoms. The Bertz CT molecular complexity index is 815. The summed E-state index contributed by atoms with van der Waals surface area (Å²) >= 11 is 0. The predicted molar refractivity (Wildman–Crippen MR) is 77.8 cm³/mol. The van der Waals surface area contributed by atoms with E-state index in [1.807, 2.05) is 6.92 Å². The highest BCUT2D eigenvalue weighted by atomic mass is 16.5. The molecule has 1 aromatic carbocycles. The van der Waals surface area contributed by atoms with Crippen molar-refractivity contribution in [3.8, 4) is 5.75 Å². The van der Waals surface area contributed by atoms with Crippen molar-refractivity contribution in [3.05, 3.63) is 45.0 Å². The number of carbonyl (C=O) groups is 1. The van der Waals surface area contributed by atoms with E-state index in [1.165, 1.54) is 6.07 Å². The number of aryl methyl sites for hydroxylation is 1. The molecule has 0 aliphatic carbocycles. The lowest BCUT2D eigenvalue weighted by Gasteiger charge is -2.10. The summed E-state index contributed by atoms with van der Waals surface area (Å²) in [7, 11) is 0. The van der Waals surface area contributed by atoms with Crippen molar-refractivity contribution in [3.63, 3.8) is 0 Å². The predicted octanol–water partition coefficient (Wildman–Crippen LogP) is 2.52. The van der Waals surface area contributed by atoms with E-state index < -0.39 is 22.8 Å². The van der Waals surface area contributed by atoms with Crippen LogP contribution in [0.4, 0.5) is 5.69 Å². The fourth-order valence-electron chi connectivity index (χ4n) is 2.17. The first-order valence-corrected chi connectivity index (χ1v) is 6.49. The number of rotatable bonds is 3. The average molecular weight is 286 g/mol. The number of nitrogens with one attached hydrogen (secondary N) is 1. The largest absolute Gasteiger partial charge is 0.506 e. The van der Waals surface area contributed by atoms with E-state index in [1.54, 1.807) is 13.0 Å². The number of aromatic nitrogens is 1. The van der Waals surface area contributed by atoms with Gasteiger partial charge in [-0.05, 0) is 25.0 Å². The molecule has 0 amide bonds. The number of hydrogen-bond donors (Lipinski definition) is 2. The lowest BCUT2D eigenvalue weighted by atomic mass is 10.0. The molecule has 108 valence electrons. The minimum absolute atomic E-state index is 0.0953. The molecule has 2 rings (SSSR count). The average Bonchev–Trinajstić information content (AvgIpc) is 2.46. The summed E-state index contributed by atoms with van der Waals surface area (Å²) in [6.45, 7) is 10.7. The Labute approximate surface area is 120 Å². The zero-order valence-corrected chi connectivity index (χ0v) is 11.7. The van der Waals surface area contributed by atoms with Gasteiger partial charge in [0, 0.05) is 5.39 Å². The maximum Gasteiger partial charge on any atom is 0.347 e. The number of ether oxygens (including phenoxy) is 1. The van der Waals surface area contributed by atoms with E-state index in [4.69, 9.17) is 11.3 Å². The molecule has 0 bridgehead atoms. The highest BCUT2D eigenvalue weighted by Gasteiger charge is 2.21. The number of carbonyl (C=O) groups excluding carboxylic acids is 1. The summed E-state index contributed by atoms with van der Waals surface area (Å²) in [4.78, 5) is 29.7. The van der Waals surface area contributed by atoms with Gasteiger partial charge in [-0.1, -0.05) is 13.0 Å². The van der Waals surface area contributed by atoms with Crippen LogP contribution in [0.15, 0.2) is 16.9 Å². The third kappa shape index (κ3) is 2.46. The maximum atomic E-state index is 12.0. The van der Waals surface area contributed by atoms with E-state index in [2.05, 4.69) is 9.83 Å². The van der Waals surface area contributed by atoms with Crippen molar-refractivity contribution >= 4 is 22.6 Å². The van der Waals surface area contributed by atoms with Crippen LogP contribution in [-0.2, 0) is 11.2 Å². The summed E-state index contributed by atoms with van der Waals surface area (Å²) in [5.74, 6) is -1.34. The molecular formula is C15H14N2O4. The highest BCUT2D eigenvalue weighted by Crippen LogP contribution is 2.31. The third-order valence-electron chi connectivity index (χ3n) is 3.15. The SMILES string of the molecule is [C-]#[N+]c1cc(CC)c2[nH]c(=O)c(C(=O)OCC)c(O)c2c1. The zero-order chi connectivity index (χ0) is 15.6. The second-order valence-corrected chi connectivity index (χ2v) is 4.39. The molecule has 21 heavy (non-hydrogen) atoms. The van der Waals surface area contributed by atoms with Gasteiger partial charge in [0.05, 0.1) is 18.7 Å². The molecule has 1 aromatic heterocycles. The quantitative estimate of drug-likeness (QED) is 0.670. The molecule has 1 heterocycles. The van der Waals surface area contributed by atoms with Crippen LogP contribution in [0, 0.1) is 6.57 Å². The standard InChI is InChI=1S/C15H14N2O4/c1-4-8-6-9(16-3)7-10-12(8)17-14(19)11(13(10)18)15(20)21-5-2/h6-7H,4-5H2,1-2H3,(H2,17,18,19). The fourth-order valence-corrected chi connectivity index (χ4v) is 2.17. The van der Waals surface area contributed by atoms with Gasteiger partial charge in [0.25, 0.3) is 5.56 Å². The van der Waals surface area contributed by atoms with E-state index in [-0.39, 0.29) is 12.0 Å². The third-order valence-corrected chi connectivity index (χ3v) is 3.15. The number of fused-ring (bicyclic) bond motifs is 1. The van der Waals surface area contributed by atoms with Crippen molar-refractivity contribution < 1.29 is 14.6 Å². The number of aromatic hydroxyl groups is 1. The van der Waals surface area contributed by atoms with Gasteiger partial charge >= 0.3 is 5.97 Å². The summed E-state index contributed by atoms with van der Waals surface area (Å²) < 4.78 is 4.77. The number of aromatic amines is 1. The molecule has 0 aliphatic heterocycles. The van der Waals surface area contributed by atoms with Crippen LogP contribution in [0.2, 0.25) is 0 Å². The van der Waals surface area contributed by atoms with Gasteiger partial charge in [-0.15, -0.1) is 0 Å². The molecule has 0 aliphatic rings. The Morgan fingerprint density at radius 1 is 1.43 bits per heavy atom. The minimum atomic E-state index is -0.885. The summed E-state index contributed by atoms with van der Waals surface area (Å²) in [5, 5.41) is 10.5. The van der Waals surface area contributed by atoms with Gasteiger partial charge in [-0.25, -0.2) is 9.64 Å². The van der Waals surface area contributed by atoms with Crippen LogP contribution >= 0.6 is 0 Å². The number of nitrogens with zero attached hydrogens (tertiary/aromatic N) is 1. The normalized spacial score (nSPS) is 10.3. The second kappa shape index (κ2) is 5.67. The topological polar surface area (TPSA) is 83.8 Å². The van der Waals surface area contributed by atoms with E-state index >= 15 is 0 Å². The van der Waals surface area contributed by atoms with Crippen LogP contribution in [0.1, 0.15) is 29.8 Å². The van der Waals surface area contributed by atoms with Gasteiger partial charge in [-0.2, -0.15) is 0 Å². The van der Waals surface area contributed by atoms with Gasteiger partial charge in [0.15, 0.2) is 11.3 Å². The molecule has 2 aromatic rings. The van der Waals surface area contributed by atoms with Gasteiger partial charge < -0.3 is 14.8 Å². The number of benzene rings is 1. The maximum absolute atomic E-state index is 12.0. The highest BCUT2D eigenvalue weighted by molar-refractivity contribution is 6.01. The molecule has 0 radical (unpaired) electrons. The molecule has 0 unspecified atom stereocenters. The van der Waals surface area contributed by atoms with Crippen LogP contribution in [0.25, 0.3) is 15.7 Å². The van der Waals surface area contributed by atoms with E-state index in [9.17, 15) is 14.7 Å². The summed E-state index contributed by atoms with van der Waals surface area (Å²) in [6.07, 6.45) is 0.577. The fraction of sp³-hybridized carbons (Fsp3) is 0.267. The first-order valence-electron chi connectivity index (χ1n) is 6.49. The lowest BCUT2D eigenvalue weighted by Crippen LogP contribution is -2.20. The molecule has 0 spiro atoms. The molecule has 0 atom stereocenters. The smallest absolute Gasteiger partial charge is 0.347 e. The van der Waals surface area contributed by atoms with Gasteiger partial charge in [-0.3, -0.25) is 4.79 Å². The molecule has 2 N–H and O–H groups in total. The molecular weight excluding hydrogens is 272 g/mol. The number of H-pyrrole nitrogens is 1. The molecule has 6 nitrogen and oxygen atoms in total. The Kier molecular flexibility index (Phi) is 3.94. The Balaban J connectivity index is 2.86. The Hall–Kier alpha value is -2.81. The summed E-state index contributed by atoms with van der Waals surface area (Å²) in [5.41, 5.74) is 0.343. The first kappa shape index (κ1) is 14.6.